The van der Waals surface area contributed by atoms with Crippen LogP contribution in [0.4, 0.5) is 0 Å². The minimum atomic E-state index is 0.401. The summed E-state index contributed by atoms with van der Waals surface area (Å²) in [6, 6.07) is 0. The average molecular weight is 201 g/mol. The van der Waals surface area contributed by atoms with E-state index in [0.717, 1.165) is 11.1 Å². The van der Waals surface area contributed by atoms with Gasteiger partial charge in [-0.3, -0.25) is 4.99 Å². The molecule has 0 bridgehead atoms. The molecule has 0 N–H and O–H groups in total. The Morgan fingerprint density at radius 1 is 1.20 bits per heavy atom. The molecule has 0 rings (SSSR count). The van der Waals surface area contributed by atoms with Gasteiger partial charge in [0.05, 0.1) is 5.70 Å². The topological polar surface area (TPSA) is 12.4 Å². The van der Waals surface area contributed by atoms with Crippen molar-refractivity contribution in [2.24, 2.45) is 10.9 Å². The van der Waals surface area contributed by atoms with Crippen molar-refractivity contribution in [1.82, 2.24) is 0 Å². The molecule has 0 amide bonds. The van der Waals surface area contributed by atoms with Gasteiger partial charge in [0.15, 0.2) is 0 Å². The Balaban J connectivity index is 4.37. The first kappa shape index (κ1) is 13.4. The predicted molar refractivity (Wildman–Crippen MR) is 70.1 cm³/mol. The van der Waals surface area contributed by atoms with Crippen LogP contribution in [0.5, 0.6) is 0 Å². The van der Waals surface area contributed by atoms with Gasteiger partial charge in [0.2, 0.25) is 0 Å². The lowest BCUT2D eigenvalue weighted by atomic mass is 10.1. The van der Waals surface area contributed by atoms with Crippen molar-refractivity contribution < 1.29 is 0 Å². The quantitative estimate of drug-likeness (QED) is 0.453. The zero-order valence-electron chi connectivity index (χ0n) is 9.66. The van der Waals surface area contributed by atoms with E-state index in [1.165, 1.54) is 0 Å². The average Bonchev–Trinajstić information content (AvgIpc) is 2.21. The molecule has 0 unspecified atom stereocenters. The Kier molecular flexibility index (Phi) is 6.03. The van der Waals surface area contributed by atoms with Gasteiger partial charge in [-0.05, 0) is 17.1 Å². The summed E-state index contributed by atoms with van der Waals surface area (Å²) in [5.74, 6) is 0.401. The maximum Gasteiger partial charge on any atom is 0.0624 e. The van der Waals surface area contributed by atoms with Crippen molar-refractivity contribution >= 4 is 6.21 Å². The van der Waals surface area contributed by atoms with E-state index in [4.69, 9.17) is 0 Å². The second-order valence-electron chi connectivity index (χ2n) is 3.55. The Labute approximate surface area is 92.9 Å². The molecule has 0 aliphatic rings. The molecular formula is C14H19N. The lowest BCUT2D eigenvalue weighted by Gasteiger charge is -2.03. The fourth-order valence-electron chi connectivity index (χ4n) is 0.673. The molecule has 0 aromatic rings. The summed E-state index contributed by atoms with van der Waals surface area (Å²) in [5.41, 5.74) is 2.41. The van der Waals surface area contributed by atoms with E-state index >= 15 is 0 Å². The third-order valence-corrected chi connectivity index (χ3v) is 1.93. The molecule has 0 fully saturated rings. The summed E-state index contributed by atoms with van der Waals surface area (Å²) in [7, 11) is 0. The highest BCUT2D eigenvalue weighted by molar-refractivity contribution is 5.79. The van der Waals surface area contributed by atoms with Crippen LogP contribution < -0.4 is 0 Å². The lowest BCUT2D eigenvalue weighted by Crippen LogP contribution is -1.93. The highest BCUT2D eigenvalue weighted by Gasteiger charge is 1.96. The van der Waals surface area contributed by atoms with Crippen LogP contribution in [0, 0.1) is 5.92 Å². The van der Waals surface area contributed by atoms with Crippen LogP contribution in [0.15, 0.2) is 66.4 Å². The van der Waals surface area contributed by atoms with Gasteiger partial charge in [-0.1, -0.05) is 58.4 Å². The number of allylic oxidation sites excluding steroid dienone is 4. The molecule has 0 spiro atoms. The van der Waals surface area contributed by atoms with Crippen LogP contribution in [0.2, 0.25) is 0 Å². The van der Waals surface area contributed by atoms with Crippen molar-refractivity contribution in [2.45, 2.75) is 13.8 Å². The van der Waals surface area contributed by atoms with E-state index in [0.29, 0.717) is 11.6 Å². The molecule has 0 radical (unpaired) electrons. The molecule has 0 saturated heterocycles. The van der Waals surface area contributed by atoms with Crippen molar-refractivity contribution in [3.05, 3.63) is 61.4 Å². The van der Waals surface area contributed by atoms with Gasteiger partial charge in [-0.15, -0.1) is 0 Å². The third-order valence-electron chi connectivity index (χ3n) is 1.93. The van der Waals surface area contributed by atoms with Crippen LogP contribution in [-0.4, -0.2) is 6.21 Å². The van der Waals surface area contributed by atoms with Crippen LogP contribution in [0.3, 0.4) is 0 Å². The number of aliphatic imine (C=N–C) groups is 1. The van der Waals surface area contributed by atoms with Gasteiger partial charge < -0.3 is 0 Å². The maximum absolute atomic E-state index is 4.19. The highest BCUT2D eigenvalue weighted by atomic mass is 14.7. The molecule has 0 saturated carbocycles. The third kappa shape index (κ3) is 5.63. The number of hydrogen-bond acceptors (Lipinski definition) is 1. The summed E-state index contributed by atoms with van der Waals surface area (Å²) in [6.45, 7) is 19.3. The number of rotatable bonds is 6. The van der Waals surface area contributed by atoms with Crippen LogP contribution in [-0.2, 0) is 0 Å². The zero-order chi connectivity index (χ0) is 11.8. The molecule has 0 atom stereocenters. The fourth-order valence-corrected chi connectivity index (χ4v) is 0.673. The van der Waals surface area contributed by atoms with E-state index in [1.54, 1.807) is 18.4 Å². The van der Waals surface area contributed by atoms with Crippen LogP contribution >= 0.6 is 0 Å². The Bertz CT molecular complexity index is 327. The van der Waals surface area contributed by atoms with Crippen LogP contribution in [0.25, 0.3) is 0 Å². The van der Waals surface area contributed by atoms with Gasteiger partial charge in [0, 0.05) is 6.21 Å². The van der Waals surface area contributed by atoms with Gasteiger partial charge in [0.1, 0.15) is 0 Å². The Morgan fingerprint density at radius 3 is 2.27 bits per heavy atom. The Hall–Kier alpha value is -1.63. The van der Waals surface area contributed by atoms with Gasteiger partial charge in [-0.2, -0.15) is 0 Å². The molecule has 0 aliphatic heterocycles. The van der Waals surface area contributed by atoms with Crippen molar-refractivity contribution in [3.63, 3.8) is 0 Å². The summed E-state index contributed by atoms with van der Waals surface area (Å²) in [6.07, 6.45) is 7.06. The molecule has 0 aromatic heterocycles. The minimum absolute atomic E-state index is 0.401. The van der Waals surface area contributed by atoms with E-state index in [9.17, 15) is 0 Å². The first-order valence-electron chi connectivity index (χ1n) is 4.89. The second-order valence-corrected chi connectivity index (χ2v) is 3.55. The standard InChI is InChI=1S/C14H19N/c1-7-8-9-12(4)14(6)15-10-13(5)11(2)3/h7-11H,1,4-6H2,2-3H3/b9-8-,15-10?. The first-order chi connectivity index (χ1) is 6.99. The lowest BCUT2D eigenvalue weighted by molar-refractivity contribution is 0.810. The van der Waals surface area contributed by atoms with E-state index in [2.05, 4.69) is 45.2 Å². The van der Waals surface area contributed by atoms with Crippen molar-refractivity contribution in [1.29, 1.82) is 0 Å². The zero-order valence-corrected chi connectivity index (χ0v) is 9.66. The molecule has 1 heteroatoms. The van der Waals surface area contributed by atoms with Crippen molar-refractivity contribution in [3.8, 4) is 0 Å². The largest absolute Gasteiger partial charge is 0.257 e. The normalized spacial score (nSPS) is 11.1. The van der Waals surface area contributed by atoms with E-state index < -0.39 is 0 Å². The molecule has 80 valence electrons. The summed E-state index contributed by atoms with van der Waals surface area (Å²) >= 11 is 0. The molecule has 0 aliphatic carbocycles. The first-order valence-corrected chi connectivity index (χ1v) is 4.89. The summed E-state index contributed by atoms with van der Waals surface area (Å²) in [4.78, 5) is 4.19. The molecular weight excluding hydrogens is 182 g/mol. The second kappa shape index (κ2) is 6.77. The SMILES string of the molecule is C=C/C=C\C(=C)C(=C)N=CC(=C)C(C)C. The van der Waals surface area contributed by atoms with E-state index in [-0.39, 0.29) is 0 Å². The van der Waals surface area contributed by atoms with Crippen LogP contribution in [0.1, 0.15) is 13.8 Å². The summed E-state index contributed by atoms with van der Waals surface area (Å²) in [5, 5.41) is 0. The minimum Gasteiger partial charge on any atom is -0.257 e. The van der Waals surface area contributed by atoms with Gasteiger partial charge >= 0.3 is 0 Å². The van der Waals surface area contributed by atoms with Gasteiger partial charge in [-0.25, -0.2) is 0 Å². The highest BCUT2D eigenvalue weighted by Crippen LogP contribution is 2.10. The van der Waals surface area contributed by atoms with Gasteiger partial charge in [0.25, 0.3) is 0 Å². The smallest absolute Gasteiger partial charge is 0.0624 e. The molecule has 15 heavy (non-hydrogen) atoms. The summed E-state index contributed by atoms with van der Waals surface area (Å²) < 4.78 is 0. The number of hydrogen-bond donors (Lipinski definition) is 0. The molecule has 1 nitrogen and oxygen atoms in total. The van der Waals surface area contributed by atoms with Crippen molar-refractivity contribution in [2.75, 3.05) is 0 Å². The predicted octanol–water partition coefficient (Wildman–Crippen LogP) is 4.08. The molecule has 0 aromatic carbocycles. The fraction of sp³-hybridized carbons (Fsp3) is 0.214. The van der Waals surface area contributed by atoms with E-state index in [1.807, 2.05) is 6.08 Å². The monoisotopic (exact) mass is 201 g/mol. The number of nitrogens with zero attached hydrogens (tertiary/aromatic N) is 1. The molecule has 0 heterocycles. The Morgan fingerprint density at radius 2 is 1.80 bits per heavy atom. The maximum atomic E-state index is 4.19.